The average Bonchev–Trinajstić information content (AvgIpc) is 2.69. The first-order valence-corrected chi connectivity index (χ1v) is 10.5. The number of carbonyl (C=O) groups excluding carboxylic acids is 2. The molecule has 1 unspecified atom stereocenters. The van der Waals surface area contributed by atoms with Crippen molar-refractivity contribution in [3.63, 3.8) is 0 Å². The molecular weight excluding hydrogens is 396 g/mol. The molecule has 4 nitrogen and oxygen atoms in total. The number of rotatable bonds is 4. The van der Waals surface area contributed by atoms with Gasteiger partial charge >= 0.3 is 6.03 Å². The standard InChI is InChI=1S/C25H25ClN2O2/c1-25(2)15-20-22(21(29)16-25)23(18-12-6-7-13-19(18)26)28(24(30)27-20)14-8-11-17-9-4-3-5-10-17/h3-13,23H,14-16H2,1-2H3,(H,27,30)/b11-8+. The molecule has 0 saturated carbocycles. The van der Waals surface area contributed by atoms with Crippen molar-refractivity contribution in [1.29, 1.82) is 0 Å². The van der Waals surface area contributed by atoms with Crippen LogP contribution in [0.2, 0.25) is 5.02 Å². The number of benzene rings is 2. The zero-order chi connectivity index (χ0) is 21.3. The fourth-order valence-corrected chi connectivity index (χ4v) is 4.55. The number of hydrogen-bond donors (Lipinski definition) is 1. The molecule has 0 spiro atoms. The molecular formula is C25H25ClN2O2. The number of Topliss-reactive ketones (excluding diaryl/α,β-unsaturated/α-hetero) is 1. The van der Waals surface area contributed by atoms with Crippen LogP contribution in [0.1, 0.15) is 43.9 Å². The second-order valence-electron chi connectivity index (χ2n) is 8.65. The first-order valence-electron chi connectivity index (χ1n) is 10.2. The maximum Gasteiger partial charge on any atom is 0.322 e. The van der Waals surface area contributed by atoms with E-state index in [4.69, 9.17) is 11.6 Å². The predicted molar refractivity (Wildman–Crippen MR) is 120 cm³/mol. The lowest BCUT2D eigenvalue weighted by Gasteiger charge is -2.43. The van der Waals surface area contributed by atoms with E-state index in [0.717, 1.165) is 16.8 Å². The Kier molecular flexibility index (Phi) is 5.52. The Morgan fingerprint density at radius 3 is 2.50 bits per heavy atom. The van der Waals surface area contributed by atoms with E-state index < -0.39 is 6.04 Å². The van der Waals surface area contributed by atoms with E-state index in [0.29, 0.717) is 30.0 Å². The van der Waals surface area contributed by atoms with Crippen LogP contribution >= 0.6 is 11.6 Å². The fraction of sp³-hybridized carbons (Fsp3) is 0.280. The third kappa shape index (κ3) is 4.05. The van der Waals surface area contributed by atoms with Gasteiger partial charge in [0.1, 0.15) is 0 Å². The van der Waals surface area contributed by atoms with Crippen LogP contribution in [0, 0.1) is 5.41 Å². The van der Waals surface area contributed by atoms with Crippen LogP contribution < -0.4 is 5.32 Å². The molecule has 0 saturated heterocycles. The minimum Gasteiger partial charge on any atom is -0.311 e. The lowest BCUT2D eigenvalue weighted by Crippen LogP contribution is -2.51. The molecule has 2 amide bonds. The molecule has 154 valence electrons. The minimum atomic E-state index is -0.494. The van der Waals surface area contributed by atoms with Gasteiger partial charge in [-0.1, -0.05) is 86.1 Å². The second kappa shape index (κ2) is 8.11. The summed E-state index contributed by atoms with van der Waals surface area (Å²) >= 11 is 6.53. The topological polar surface area (TPSA) is 49.4 Å². The third-order valence-corrected chi connectivity index (χ3v) is 5.98. The number of amides is 2. The van der Waals surface area contributed by atoms with Gasteiger partial charge in [-0.3, -0.25) is 4.79 Å². The first kappa shape index (κ1) is 20.4. The summed E-state index contributed by atoms with van der Waals surface area (Å²) in [4.78, 5) is 28.0. The van der Waals surface area contributed by atoms with Crippen LogP contribution in [-0.2, 0) is 4.79 Å². The highest BCUT2D eigenvalue weighted by Crippen LogP contribution is 2.45. The van der Waals surface area contributed by atoms with Crippen LogP contribution in [0.4, 0.5) is 4.79 Å². The number of carbonyl (C=O) groups is 2. The van der Waals surface area contributed by atoms with Gasteiger partial charge in [0, 0.05) is 29.3 Å². The molecule has 30 heavy (non-hydrogen) atoms. The number of ketones is 1. The molecule has 2 aromatic carbocycles. The summed E-state index contributed by atoms with van der Waals surface area (Å²) in [5, 5.41) is 3.55. The van der Waals surface area contributed by atoms with E-state index in [1.807, 2.05) is 60.7 Å². The number of nitrogens with one attached hydrogen (secondary N) is 1. The van der Waals surface area contributed by atoms with Crippen LogP contribution in [0.3, 0.4) is 0 Å². The van der Waals surface area contributed by atoms with Crippen molar-refractivity contribution in [3.05, 3.63) is 88.1 Å². The molecule has 0 radical (unpaired) electrons. The van der Waals surface area contributed by atoms with Gasteiger partial charge in [-0.15, -0.1) is 0 Å². The van der Waals surface area contributed by atoms with E-state index in [2.05, 4.69) is 19.2 Å². The van der Waals surface area contributed by atoms with Crippen LogP contribution in [0.15, 0.2) is 71.9 Å². The molecule has 1 aliphatic carbocycles. The van der Waals surface area contributed by atoms with Gasteiger partial charge < -0.3 is 10.2 Å². The first-order chi connectivity index (χ1) is 14.4. The third-order valence-electron chi connectivity index (χ3n) is 5.64. The molecule has 1 N–H and O–H groups in total. The lowest BCUT2D eigenvalue weighted by atomic mass is 9.72. The van der Waals surface area contributed by atoms with E-state index in [1.54, 1.807) is 11.0 Å². The zero-order valence-corrected chi connectivity index (χ0v) is 17.9. The Morgan fingerprint density at radius 2 is 1.77 bits per heavy atom. The van der Waals surface area contributed by atoms with Crippen molar-refractivity contribution >= 4 is 29.5 Å². The SMILES string of the molecule is CC1(C)CC(=O)C2=C(C1)NC(=O)N(C/C=C/c1ccccc1)C2c1ccccc1Cl. The molecule has 0 aromatic heterocycles. The van der Waals surface area contributed by atoms with Gasteiger partial charge in [0.05, 0.1) is 6.04 Å². The maximum atomic E-state index is 13.2. The summed E-state index contributed by atoms with van der Waals surface area (Å²) in [6.07, 6.45) is 5.04. The lowest BCUT2D eigenvalue weighted by molar-refractivity contribution is -0.119. The summed E-state index contributed by atoms with van der Waals surface area (Å²) in [7, 11) is 0. The predicted octanol–water partition coefficient (Wildman–Crippen LogP) is 5.76. The molecule has 1 atom stereocenters. The summed E-state index contributed by atoms with van der Waals surface area (Å²) in [6.45, 7) is 4.48. The summed E-state index contributed by atoms with van der Waals surface area (Å²) < 4.78 is 0. The van der Waals surface area contributed by atoms with Crippen molar-refractivity contribution in [2.45, 2.75) is 32.7 Å². The average molecular weight is 421 g/mol. The number of urea groups is 1. The van der Waals surface area contributed by atoms with Crippen molar-refractivity contribution in [2.75, 3.05) is 6.54 Å². The Labute approximate surface area is 182 Å². The van der Waals surface area contributed by atoms with Gasteiger partial charge in [-0.25, -0.2) is 4.79 Å². The molecule has 2 aliphatic rings. The molecule has 1 aliphatic heterocycles. The van der Waals surface area contributed by atoms with Crippen LogP contribution in [0.5, 0.6) is 0 Å². The van der Waals surface area contributed by atoms with E-state index in [-0.39, 0.29) is 17.2 Å². The largest absolute Gasteiger partial charge is 0.322 e. The molecule has 0 bridgehead atoms. The molecule has 0 fully saturated rings. The smallest absolute Gasteiger partial charge is 0.311 e. The van der Waals surface area contributed by atoms with Crippen LogP contribution in [0.25, 0.3) is 6.08 Å². The molecule has 1 heterocycles. The molecule has 5 heteroatoms. The van der Waals surface area contributed by atoms with E-state index >= 15 is 0 Å². The van der Waals surface area contributed by atoms with Crippen molar-refractivity contribution in [1.82, 2.24) is 10.2 Å². The maximum absolute atomic E-state index is 13.2. The van der Waals surface area contributed by atoms with Gasteiger partial charge in [0.25, 0.3) is 0 Å². The van der Waals surface area contributed by atoms with Gasteiger partial charge in [-0.05, 0) is 29.0 Å². The highest BCUT2D eigenvalue weighted by atomic mass is 35.5. The van der Waals surface area contributed by atoms with Crippen molar-refractivity contribution < 1.29 is 9.59 Å². The van der Waals surface area contributed by atoms with Gasteiger partial charge in [-0.2, -0.15) is 0 Å². The van der Waals surface area contributed by atoms with E-state index in [9.17, 15) is 9.59 Å². The number of hydrogen-bond acceptors (Lipinski definition) is 2. The zero-order valence-electron chi connectivity index (χ0n) is 17.2. The highest BCUT2D eigenvalue weighted by Gasteiger charge is 2.44. The number of allylic oxidation sites excluding steroid dienone is 1. The van der Waals surface area contributed by atoms with E-state index in [1.165, 1.54) is 0 Å². The second-order valence-corrected chi connectivity index (χ2v) is 9.06. The normalized spacial score (nSPS) is 21.0. The minimum absolute atomic E-state index is 0.0724. The summed E-state index contributed by atoms with van der Waals surface area (Å²) in [5.41, 5.74) is 3.05. The quantitative estimate of drug-likeness (QED) is 0.683. The van der Waals surface area contributed by atoms with Gasteiger partial charge in [0.2, 0.25) is 0 Å². The number of nitrogens with zero attached hydrogens (tertiary/aromatic N) is 1. The highest BCUT2D eigenvalue weighted by molar-refractivity contribution is 6.31. The molecule has 2 aromatic rings. The van der Waals surface area contributed by atoms with Crippen LogP contribution in [-0.4, -0.2) is 23.3 Å². The Hall–Kier alpha value is -2.85. The van der Waals surface area contributed by atoms with Crippen molar-refractivity contribution in [3.8, 4) is 0 Å². The number of halogens is 1. The Morgan fingerprint density at radius 1 is 1.07 bits per heavy atom. The summed E-state index contributed by atoms with van der Waals surface area (Å²) in [5.74, 6) is 0.0724. The Balaban J connectivity index is 1.74. The molecule has 4 rings (SSSR count). The Bertz CT molecular complexity index is 1040. The van der Waals surface area contributed by atoms with Gasteiger partial charge in [0.15, 0.2) is 5.78 Å². The fourth-order valence-electron chi connectivity index (χ4n) is 4.31. The summed E-state index contributed by atoms with van der Waals surface area (Å²) in [6, 6.07) is 16.7. The monoisotopic (exact) mass is 420 g/mol. The van der Waals surface area contributed by atoms with Crippen molar-refractivity contribution in [2.24, 2.45) is 5.41 Å².